The Bertz CT molecular complexity index is 1070. The molecule has 0 bridgehead atoms. The maximum Gasteiger partial charge on any atom is 0.244 e. The number of anilines is 1. The van der Waals surface area contributed by atoms with Gasteiger partial charge in [0.1, 0.15) is 0 Å². The number of nitrogens with one attached hydrogen (secondary N) is 1. The molecule has 1 unspecified atom stereocenters. The van der Waals surface area contributed by atoms with Gasteiger partial charge in [-0.25, -0.2) is 0 Å². The molecule has 8 heteroatoms. The molecule has 1 aliphatic heterocycles. The molecule has 2 aromatic carbocycles. The summed E-state index contributed by atoms with van der Waals surface area (Å²) in [6.07, 6.45) is 0. The van der Waals surface area contributed by atoms with Crippen molar-refractivity contribution < 1.29 is 14.1 Å². The van der Waals surface area contributed by atoms with Gasteiger partial charge in [-0.3, -0.25) is 19.4 Å². The molecule has 8 nitrogen and oxygen atoms in total. The molecule has 3 aromatic rings. The highest BCUT2D eigenvalue weighted by Crippen LogP contribution is 2.23. The van der Waals surface area contributed by atoms with Gasteiger partial charge in [0.05, 0.1) is 12.6 Å². The van der Waals surface area contributed by atoms with Crippen LogP contribution in [-0.2, 0) is 4.79 Å². The minimum atomic E-state index is -0.0865. The van der Waals surface area contributed by atoms with E-state index >= 15 is 0 Å². The number of hydrogen-bond donors (Lipinski definition) is 1. The summed E-state index contributed by atoms with van der Waals surface area (Å²) in [6.45, 7) is 7.03. The van der Waals surface area contributed by atoms with E-state index in [0.29, 0.717) is 29.5 Å². The smallest absolute Gasteiger partial charge is 0.244 e. The Kier molecular flexibility index (Phi) is 6.72. The minimum absolute atomic E-state index is 0.00487. The van der Waals surface area contributed by atoms with Crippen LogP contribution in [0.2, 0.25) is 0 Å². The third kappa shape index (κ3) is 5.27. The van der Waals surface area contributed by atoms with Crippen molar-refractivity contribution in [1.82, 2.24) is 19.9 Å². The summed E-state index contributed by atoms with van der Waals surface area (Å²) in [7, 11) is 0. The van der Waals surface area contributed by atoms with Gasteiger partial charge in [0.2, 0.25) is 17.6 Å². The summed E-state index contributed by atoms with van der Waals surface area (Å²) in [6, 6.07) is 16.8. The van der Waals surface area contributed by atoms with Gasteiger partial charge < -0.3 is 9.84 Å². The number of nitrogens with zero attached hydrogens (tertiary/aromatic N) is 4. The van der Waals surface area contributed by atoms with Crippen molar-refractivity contribution >= 4 is 17.4 Å². The van der Waals surface area contributed by atoms with Gasteiger partial charge in [-0.05, 0) is 26.0 Å². The van der Waals surface area contributed by atoms with Crippen molar-refractivity contribution in [2.45, 2.75) is 19.9 Å². The Morgan fingerprint density at radius 1 is 1.06 bits per heavy atom. The van der Waals surface area contributed by atoms with Crippen LogP contribution in [0.1, 0.15) is 36.1 Å². The molecule has 1 atom stereocenters. The van der Waals surface area contributed by atoms with Crippen LogP contribution in [0.3, 0.4) is 0 Å². The Hall–Kier alpha value is -3.36. The van der Waals surface area contributed by atoms with Crippen LogP contribution in [-0.4, -0.2) is 64.4 Å². The Balaban J connectivity index is 1.28. The van der Waals surface area contributed by atoms with E-state index in [4.69, 9.17) is 4.52 Å². The molecule has 0 saturated carbocycles. The lowest BCUT2D eigenvalue weighted by molar-refractivity contribution is -0.117. The van der Waals surface area contributed by atoms with Gasteiger partial charge in [0.15, 0.2) is 5.78 Å². The molecule has 0 spiro atoms. The van der Waals surface area contributed by atoms with Crippen LogP contribution < -0.4 is 5.32 Å². The van der Waals surface area contributed by atoms with Crippen molar-refractivity contribution in [3.05, 3.63) is 66.1 Å². The van der Waals surface area contributed by atoms with E-state index < -0.39 is 0 Å². The second-order valence-corrected chi connectivity index (χ2v) is 8.00. The van der Waals surface area contributed by atoms with Crippen LogP contribution in [0, 0.1) is 0 Å². The summed E-state index contributed by atoms with van der Waals surface area (Å²) in [5.41, 5.74) is 2.15. The van der Waals surface area contributed by atoms with E-state index in [1.54, 1.807) is 24.3 Å². The highest BCUT2D eigenvalue weighted by atomic mass is 16.5. The minimum Gasteiger partial charge on any atom is -0.337 e. The van der Waals surface area contributed by atoms with Gasteiger partial charge >= 0.3 is 0 Å². The fourth-order valence-electron chi connectivity index (χ4n) is 3.79. The first kappa shape index (κ1) is 21.9. The fraction of sp³-hybridized carbons (Fsp3) is 0.333. The van der Waals surface area contributed by atoms with Crippen molar-refractivity contribution in [3.8, 4) is 11.4 Å². The summed E-state index contributed by atoms with van der Waals surface area (Å²) in [4.78, 5) is 32.9. The van der Waals surface area contributed by atoms with E-state index in [-0.39, 0.29) is 17.7 Å². The number of Topliss-reactive ketones (excluding diaryl/α,β-unsaturated/α-hetero) is 1. The second kappa shape index (κ2) is 9.84. The van der Waals surface area contributed by atoms with Crippen LogP contribution in [0.15, 0.2) is 59.1 Å². The molecule has 1 fully saturated rings. The molecular formula is C24H27N5O3. The largest absolute Gasteiger partial charge is 0.337 e. The van der Waals surface area contributed by atoms with Gasteiger partial charge in [0, 0.05) is 43.0 Å². The van der Waals surface area contributed by atoms with Crippen molar-refractivity contribution in [1.29, 1.82) is 0 Å². The first-order valence-corrected chi connectivity index (χ1v) is 10.8. The lowest BCUT2D eigenvalue weighted by Crippen LogP contribution is -2.49. The maximum absolute atomic E-state index is 12.5. The van der Waals surface area contributed by atoms with Crippen molar-refractivity contribution in [3.63, 3.8) is 0 Å². The zero-order valence-electron chi connectivity index (χ0n) is 18.3. The topological polar surface area (TPSA) is 91.6 Å². The Morgan fingerprint density at radius 2 is 1.81 bits per heavy atom. The summed E-state index contributed by atoms with van der Waals surface area (Å²) in [5, 5.41) is 7.00. The lowest BCUT2D eigenvalue weighted by Gasteiger charge is -2.36. The second-order valence-electron chi connectivity index (χ2n) is 8.00. The number of piperazine rings is 1. The summed E-state index contributed by atoms with van der Waals surface area (Å²) < 4.78 is 5.51. The van der Waals surface area contributed by atoms with Crippen molar-refractivity contribution in [2.75, 3.05) is 38.0 Å². The Labute approximate surface area is 187 Å². The van der Waals surface area contributed by atoms with E-state index in [1.165, 1.54) is 6.92 Å². The quantitative estimate of drug-likeness (QED) is 0.572. The number of carbonyl (C=O) groups excluding carboxylic acids is 2. The van der Waals surface area contributed by atoms with Gasteiger partial charge in [0.25, 0.3) is 0 Å². The highest BCUT2D eigenvalue weighted by molar-refractivity contribution is 5.97. The van der Waals surface area contributed by atoms with Crippen LogP contribution in [0.4, 0.5) is 5.69 Å². The Morgan fingerprint density at radius 3 is 2.53 bits per heavy atom. The maximum atomic E-state index is 12.5. The number of aromatic nitrogens is 2. The van der Waals surface area contributed by atoms with Crippen LogP contribution in [0.5, 0.6) is 0 Å². The fourth-order valence-corrected chi connectivity index (χ4v) is 3.79. The van der Waals surface area contributed by atoms with E-state index in [0.717, 1.165) is 31.7 Å². The van der Waals surface area contributed by atoms with E-state index in [1.807, 2.05) is 30.3 Å². The highest BCUT2D eigenvalue weighted by Gasteiger charge is 2.26. The monoisotopic (exact) mass is 433 g/mol. The molecule has 1 saturated heterocycles. The number of benzene rings is 2. The summed E-state index contributed by atoms with van der Waals surface area (Å²) in [5.74, 6) is 1.08. The standard InChI is InChI=1S/C24H27N5O3/c1-17(24-26-23(27-32-24)19-7-4-3-5-8-19)29-13-11-28(12-14-29)16-22(31)25-21-10-6-9-20(15-21)18(2)30/h3-10,15,17H,11-14,16H2,1-2H3,(H,25,31). The lowest BCUT2D eigenvalue weighted by atomic mass is 10.1. The zero-order valence-corrected chi connectivity index (χ0v) is 18.3. The molecule has 0 aliphatic carbocycles. The predicted octanol–water partition coefficient (Wildman–Crippen LogP) is 3.26. The van der Waals surface area contributed by atoms with Crippen molar-refractivity contribution in [2.24, 2.45) is 0 Å². The number of carbonyl (C=O) groups is 2. The molecule has 1 N–H and O–H groups in total. The average Bonchev–Trinajstić information content (AvgIpc) is 3.30. The molecule has 2 heterocycles. The first-order valence-electron chi connectivity index (χ1n) is 10.8. The van der Waals surface area contributed by atoms with Crippen LogP contribution >= 0.6 is 0 Å². The van der Waals surface area contributed by atoms with E-state index in [2.05, 4.69) is 32.2 Å². The predicted molar refractivity (Wildman–Crippen MR) is 121 cm³/mol. The van der Waals surface area contributed by atoms with Gasteiger partial charge in [-0.1, -0.05) is 47.6 Å². The summed E-state index contributed by atoms with van der Waals surface area (Å²) >= 11 is 0. The molecule has 1 amide bonds. The average molecular weight is 434 g/mol. The molecule has 1 aliphatic rings. The molecule has 166 valence electrons. The van der Waals surface area contributed by atoms with E-state index in [9.17, 15) is 9.59 Å². The molecular weight excluding hydrogens is 406 g/mol. The number of rotatable bonds is 7. The third-order valence-electron chi connectivity index (χ3n) is 5.71. The van der Waals surface area contributed by atoms with Crippen LogP contribution in [0.25, 0.3) is 11.4 Å². The van der Waals surface area contributed by atoms with Gasteiger partial charge in [-0.15, -0.1) is 0 Å². The molecule has 32 heavy (non-hydrogen) atoms. The number of ketones is 1. The SMILES string of the molecule is CC(=O)c1cccc(NC(=O)CN2CCN(C(C)c3nc(-c4ccccc4)no3)CC2)c1. The number of hydrogen-bond acceptors (Lipinski definition) is 7. The number of amides is 1. The molecule has 4 rings (SSSR count). The molecule has 0 radical (unpaired) electrons. The first-order chi connectivity index (χ1) is 15.5. The van der Waals surface area contributed by atoms with Gasteiger partial charge in [-0.2, -0.15) is 4.98 Å². The third-order valence-corrected chi connectivity index (χ3v) is 5.71. The molecule has 1 aromatic heterocycles. The normalized spacial score (nSPS) is 15.9. The zero-order chi connectivity index (χ0) is 22.5.